The molecule has 0 aliphatic rings. The van der Waals surface area contributed by atoms with Gasteiger partial charge in [-0.25, -0.2) is 12.4 Å². The highest BCUT2D eigenvalue weighted by atomic mass is 35.5. The minimum Gasteiger partial charge on any atom is -0.248 e. The highest BCUT2D eigenvalue weighted by Crippen LogP contribution is 2.29. The van der Waals surface area contributed by atoms with Crippen molar-refractivity contribution in [2.75, 3.05) is 0 Å². The van der Waals surface area contributed by atoms with E-state index in [0.29, 0.717) is 5.02 Å². The smallest absolute Gasteiger partial charge is 0.248 e. The summed E-state index contributed by atoms with van der Waals surface area (Å²) in [6.07, 6.45) is 4.05. The maximum absolute atomic E-state index is 12.6. The van der Waals surface area contributed by atoms with Crippen molar-refractivity contribution < 1.29 is 8.42 Å². The first-order chi connectivity index (χ1) is 11.0. The van der Waals surface area contributed by atoms with Crippen LogP contribution in [0.3, 0.4) is 0 Å². The summed E-state index contributed by atoms with van der Waals surface area (Å²) < 4.78 is 26.5. The molecule has 2 aromatic carbocycles. The standard InChI is InChI=1S/C18H16ClNO2S/c1-2-14-8-9-16(19)12-18(14)15-10-11-20(13-15)23(21,22)17-6-4-3-5-7-17/h3-13H,2H2,1H3. The molecule has 118 valence electrons. The van der Waals surface area contributed by atoms with E-state index in [2.05, 4.69) is 6.92 Å². The van der Waals surface area contributed by atoms with Gasteiger partial charge in [0.1, 0.15) is 0 Å². The maximum Gasteiger partial charge on any atom is 0.267 e. The van der Waals surface area contributed by atoms with Crippen LogP contribution in [0.2, 0.25) is 5.02 Å². The van der Waals surface area contributed by atoms with Gasteiger partial charge in [0.2, 0.25) is 0 Å². The molecule has 0 radical (unpaired) electrons. The fraction of sp³-hybridized carbons (Fsp3) is 0.111. The molecular formula is C18H16ClNO2S. The Morgan fingerprint density at radius 3 is 2.48 bits per heavy atom. The second kappa shape index (κ2) is 6.22. The SMILES string of the molecule is CCc1ccc(Cl)cc1-c1ccn(S(=O)(=O)c2ccccc2)c1. The van der Waals surface area contributed by atoms with Crippen molar-refractivity contribution in [1.29, 1.82) is 0 Å². The summed E-state index contributed by atoms with van der Waals surface area (Å²) >= 11 is 6.09. The van der Waals surface area contributed by atoms with Crippen molar-refractivity contribution >= 4 is 21.6 Å². The Bertz CT molecular complexity index is 931. The van der Waals surface area contributed by atoms with Crippen molar-refractivity contribution in [2.24, 2.45) is 0 Å². The van der Waals surface area contributed by atoms with Crippen LogP contribution >= 0.6 is 11.6 Å². The summed E-state index contributed by atoms with van der Waals surface area (Å²) in [5.41, 5.74) is 2.93. The van der Waals surface area contributed by atoms with E-state index in [1.165, 1.54) is 3.97 Å². The van der Waals surface area contributed by atoms with Gasteiger partial charge in [-0.1, -0.05) is 42.8 Å². The van der Waals surface area contributed by atoms with Crippen LogP contribution in [-0.4, -0.2) is 12.4 Å². The Balaban J connectivity index is 2.07. The van der Waals surface area contributed by atoms with Crippen LogP contribution in [0.25, 0.3) is 11.1 Å². The van der Waals surface area contributed by atoms with Gasteiger partial charge in [0.15, 0.2) is 0 Å². The molecular weight excluding hydrogens is 330 g/mol. The van der Waals surface area contributed by atoms with Crippen molar-refractivity contribution in [3.8, 4) is 11.1 Å². The maximum atomic E-state index is 12.6. The average Bonchev–Trinajstić information content (AvgIpc) is 3.06. The number of hydrogen-bond acceptors (Lipinski definition) is 2. The monoisotopic (exact) mass is 345 g/mol. The number of hydrogen-bond donors (Lipinski definition) is 0. The van der Waals surface area contributed by atoms with Crippen LogP contribution in [-0.2, 0) is 16.4 Å². The highest BCUT2D eigenvalue weighted by molar-refractivity contribution is 7.90. The van der Waals surface area contributed by atoms with Crippen LogP contribution < -0.4 is 0 Å². The second-order valence-electron chi connectivity index (χ2n) is 5.20. The van der Waals surface area contributed by atoms with Gasteiger partial charge in [-0.2, -0.15) is 0 Å². The summed E-state index contributed by atoms with van der Waals surface area (Å²) in [5, 5.41) is 0.635. The minimum absolute atomic E-state index is 0.268. The lowest BCUT2D eigenvalue weighted by Crippen LogP contribution is -2.10. The van der Waals surface area contributed by atoms with E-state index in [0.717, 1.165) is 23.1 Å². The second-order valence-corrected chi connectivity index (χ2v) is 7.48. The molecule has 5 heteroatoms. The molecule has 1 aromatic heterocycles. The fourth-order valence-corrected chi connectivity index (χ4v) is 3.92. The molecule has 0 fully saturated rings. The molecule has 0 unspecified atom stereocenters. The zero-order valence-electron chi connectivity index (χ0n) is 12.6. The van der Waals surface area contributed by atoms with Crippen molar-refractivity contribution in [2.45, 2.75) is 18.2 Å². The van der Waals surface area contributed by atoms with Gasteiger partial charge < -0.3 is 0 Å². The van der Waals surface area contributed by atoms with Crippen LogP contribution in [0.15, 0.2) is 71.9 Å². The van der Waals surface area contributed by atoms with E-state index in [1.54, 1.807) is 48.8 Å². The van der Waals surface area contributed by atoms with Crippen molar-refractivity contribution in [1.82, 2.24) is 3.97 Å². The van der Waals surface area contributed by atoms with E-state index >= 15 is 0 Å². The molecule has 0 saturated carbocycles. The van der Waals surface area contributed by atoms with Crippen molar-refractivity contribution in [3.05, 3.63) is 77.6 Å². The van der Waals surface area contributed by atoms with Crippen LogP contribution in [0.5, 0.6) is 0 Å². The molecule has 0 bridgehead atoms. The average molecular weight is 346 g/mol. The molecule has 0 amide bonds. The molecule has 0 N–H and O–H groups in total. The first kappa shape index (κ1) is 15.8. The Hall–Kier alpha value is -2.04. The fourth-order valence-electron chi connectivity index (χ4n) is 2.53. The summed E-state index contributed by atoms with van der Waals surface area (Å²) in [5.74, 6) is 0. The molecule has 3 aromatic rings. The lowest BCUT2D eigenvalue weighted by Gasteiger charge is -2.07. The van der Waals surface area contributed by atoms with E-state index in [1.807, 2.05) is 18.2 Å². The normalized spacial score (nSPS) is 11.6. The minimum atomic E-state index is -3.57. The largest absolute Gasteiger partial charge is 0.267 e. The number of benzene rings is 2. The third-order valence-corrected chi connectivity index (χ3v) is 5.63. The van der Waals surface area contributed by atoms with E-state index in [9.17, 15) is 8.42 Å². The number of nitrogens with zero attached hydrogens (tertiary/aromatic N) is 1. The van der Waals surface area contributed by atoms with Crippen LogP contribution in [0.1, 0.15) is 12.5 Å². The number of rotatable bonds is 4. The summed E-state index contributed by atoms with van der Waals surface area (Å²) in [4.78, 5) is 0.268. The van der Waals surface area contributed by atoms with Crippen molar-refractivity contribution in [3.63, 3.8) is 0 Å². The predicted molar refractivity (Wildman–Crippen MR) is 93.3 cm³/mol. The molecule has 0 aliphatic heterocycles. The quantitative estimate of drug-likeness (QED) is 0.692. The Morgan fingerprint density at radius 1 is 1.04 bits per heavy atom. The van der Waals surface area contributed by atoms with Crippen LogP contribution in [0.4, 0.5) is 0 Å². The summed E-state index contributed by atoms with van der Waals surface area (Å²) in [7, 11) is -3.57. The van der Waals surface area contributed by atoms with E-state index in [4.69, 9.17) is 11.6 Å². The Kier molecular flexibility index (Phi) is 4.28. The molecule has 3 nitrogen and oxygen atoms in total. The summed E-state index contributed by atoms with van der Waals surface area (Å²) in [6, 6.07) is 15.9. The predicted octanol–water partition coefficient (Wildman–Crippen LogP) is 4.61. The van der Waals surface area contributed by atoms with Gasteiger partial charge in [-0.15, -0.1) is 0 Å². The first-order valence-electron chi connectivity index (χ1n) is 7.30. The summed E-state index contributed by atoms with van der Waals surface area (Å²) in [6.45, 7) is 2.06. The molecule has 0 aliphatic carbocycles. The molecule has 0 spiro atoms. The lowest BCUT2D eigenvalue weighted by atomic mass is 10.0. The van der Waals surface area contributed by atoms with E-state index in [-0.39, 0.29) is 4.90 Å². The molecule has 3 rings (SSSR count). The number of aryl methyl sites for hydroxylation is 1. The zero-order chi connectivity index (χ0) is 16.4. The lowest BCUT2D eigenvalue weighted by molar-refractivity contribution is 0.587. The van der Waals surface area contributed by atoms with Gasteiger partial charge in [-0.05, 0) is 47.9 Å². The van der Waals surface area contributed by atoms with Gasteiger partial charge in [0.05, 0.1) is 4.90 Å². The molecule has 0 saturated heterocycles. The number of aromatic nitrogens is 1. The highest BCUT2D eigenvalue weighted by Gasteiger charge is 2.17. The Labute approximate surface area is 141 Å². The van der Waals surface area contributed by atoms with Gasteiger partial charge in [0.25, 0.3) is 10.0 Å². The molecule has 0 atom stereocenters. The molecule has 1 heterocycles. The van der Waals surface area contributed by atoms with Crippen LogP contribution in [0, 0.1) is 0 Å². The van der Waals surface area contributed by atoms with Gasteiger partial charge in [0, 0.05) is 23.0 Å². The van der Waals surface area contributed by atoms with Gasteiger partial charge in [-0.3, -0.25) is 0 Å². The van der Waals surface area contributed by atoms with E-state index < -0.39 is 10.0 Å². The first-order valence-corrected chi connectivity index (χ1v) is 9.11. The number of halogens is 1. The third-order valence-electron chi connectivity index (χ3n) is 3.75. The zero-order valence-corrected chi connectivity index (χ0v) is 14.2. The Morgan fingerprint density at radius 2 is 1.78 bits per heavy atom. The van der Waals surface area contributed by atoms with Gasteiger partial charge >= 0.3 is 0 Å². The topological polar surface area (TPSA) is 39.1 Å². The third kappa shape index (κ3) is 3.05. The molecule has 23 heavy (non-hydrogen) atoms.